The minimum Gasteiger partial charge on any atom is -0.379 e. The lowest BCUT2D eigenvalue weighted by molar-refractivity contribution is 0.0208. The van der Waals surface area contributed by atoms with E-state index in [1.807, 2.05) is 0 Å². The van der Waals surface area contributed by atoms with Crippen molar-refractivity contribution < 1.29 is 17.9 Å². The molecule has 96 valence electrons. The molecule has 1 aliphatic carbocycles. The van der Waals surface area contributed by atoms with Crippen LogP contribution in [0, 0.1) is 5.92 Å². The molecule has 0 atom stereocenters. The van der Waals surface area contributed by atoms with E-state index in [1.165, 1.54) is 19.3 Å². The highest BCUT2D eigenvalue weighted by Crippen LogP contribution is 2.26. The lowest BCUT2D eigenvalue weighted by atomic mass is 9.86. The average molecular weight is 271 g/mol. The van der Waals surface area contributed by atoms with Crippen LogP contribution in [0.25, 0.3) is 0 Å². The second-order valence-electron chi connectivity index (χ2n) is 4.08. The lowest BCUT2D eigenvalue weighted by Crippen LogP contribution is -2.19. The largest absolute Gasteiger partial charge is 0.379 e. The zero-order chi connectivity index (χ0) is 11.9. The van der Waals surface area contributed by atoms with Crippen LogP contribution >= 0.6 is 10.7 Å². The van der Waals surface area contributed by atoms with Crippen LogP contribution in [0.1, 0.15) is 25.7 Å². The van der Waals surface area contributed by atoms with Crippen molar-refractivity contribution in [3.63, 3.8) is 0 Å². The first-order valence-corrected chi connectivity index (χ1v) is 8.13. The topological polar surface area (TPSA) is 52.6 Å². The summed E-state index contributed by atoms with van der Waals surface area (Å²) in [5.74, 6) is 0.721. The maximum absolute atomic E-state index is 10.6. The molecule has 0 radical (unpaired) electrons. The predicted molar refractivity (Wildman–Crippen MR) is 63.2 cm³/mol. The molecule has 0 bridgehead atoms. The Balaban J connectivity index is 1.77. The third-order valence-electron chi connectivity index (χ3n) is 2.63. The van der Waals surface area contributed by atoms with Crippen molar-refractivity contribution in [3.8, 4) is 0 Å². The maximum atomic E-state index is 10.6. The molecule has 16 heavy (non-hydrogen) atoms. The highest BCUT2D eigenvalue weighted by molar-refractivity contribution is 8.13. The Morgan fingerprint density at radius 1 is 1.12 bits per heavy atom. The smallest absolute Gasteiger partial charge is 0.232 e. The van der Waals surface area contributed by atoms with Crippen molar-refractivity contribution >= 4 is 19.7 Å². The van der Waals surface area contributed by atoms with E-state index in [0.29, 0.717) is 26.2 Å². The fourth-order valence-corrected chi connectivity index (χ4v) is 2.25. The van der Waals surface area contributed by atoms with Crippen LogP contribution in [0.5, 0.6) is 0 Å². The van der Waals surface area contributed by atoms with Gasteiger partial charge in [-0.05, 0) is 25.2 Å². The summed E-state index contributed by atoms with van der Waals surface area (Å²) in [5, 5.41) is 0. The van der Waals surface area contributed by atoms with Gasteiger partial charge >= 0.3 is 0 Å². The quantitative estimate of drug-likeness (QED) is 0.473. The zero-order valence-corrected chi connectivity index (χ0v) is 10.9. The van der Waals surface area contributed by atoms with Gasteiger partial charge in [-0.1, -0.05) is 6.42 Å². The van der Waals surface area contributed by atoms with Crippen LogP contribution in [0.15, 0.2) is 0 Å². The molecule has 0 saturated heterocycles. The summed E-state index contributed by atoms with van der Waals surface area (Å²) >= 11 is 0. The molecular weight excluding hydrogens is 252 g/mol. The molecule has 0 unspecified atom stereocenters. The third-order valence-corrected chi connectivity index (χ3v) is 3.87. The standard InChI is InChI=1S/C10H19ClO4S/c11-16(12,13)8-2-5-14-6-7-15-9-10-3-1-4-10/h10H,1-9H2. The minimum absolute atomic E-state index is 0.0303. The summed E-state index contributed by atoms with van der Waals surface area (Å²) in [6.45, 7) is 2.36. The zero-order valence-electron chi connectivity index (χ0n) is 9.36. The van der Waals surface area contributed by atoms with E-state index < -0.39 is 9.05 Å². The van der Waals surface area contributed by atoms with Crippen molar-refractivity contribution in [2.24, 2.45) is 5.92 Å². The molecule has 1 saturated carbocycles. The Kier molecular flexibility index (Phi) is 6.65. The van der Waals surface area contributed by atoms with E-state index in [1.54, 1.807) is 0 Å². The van der Waals surface area contributed by atoms with Gasteiger partial charge in [0.25, 0.3) is 0 Å². The van der Waals surface area contributed by atoms with Gasteiger partial charge in [-0.25, -0.2) is 8.42 Å². The van der Waals surface area contributed by atoms with E-state index in [9.17, 15) is 8.42 Å². The molecule has 0 amide bonds. The molecular formula is C10H19ClO4S. The fourth-order valence-electron chi connectivity index (χ4n) is 1.46. The molecule has 0 spiro atoms. The first-order chi connectivity index (χ1) is 7.58. The first-order valence-electron chi connectivity index (χ1n) is 5.66. The van der Waals surface area contributed by atoms with Crippen LogP contribution in [-0.2, 0) is 18.5 Å². The van der Waals surface area contributed by atoms with Gasteiger partial charge in [0.15, 0.2) is 0 Å². The summed E-state index contributed by atoms with van der Waals surface area (Å²) in [4.78, 5) is 0. The van der Waals surface area contributed by atoms with Gasteiger partial charge in [0.1, 0.15) is 0 Å². The summed E-state index contributed by atoms with van der Waals surface area (Å²) in [6, 6.07) is 0. The summed E-state index contributed by atoms with van der Waals surface area (Å²) in [5.41, 5.74) is 0. The van der Waals surface area contributed by atoms with Crippen molar-refractivity contribution in [1.29, 1.82) is 0 Å². The highest BCUT2D eigenvalue weighted by atomic mass is 35.7. The molecule has 4 nitrogen and oxygen atoms in total. The number of halogens is 1. The Hall–Kier alpha value is 0.160. The Morgan fingerprint density at radius 3 is 2.38 bits per heavy atom. The summed E-state index contributed by atoms with van der Waals surface area (Å²) in [7, 11) is 1.68. The molecule has 0 aromatic heterocycles. The van der Waals surface area contributed by atoms with Crippen molar-refractivity contribution in [2.45, 2.75) is 25.7 Å². The Bertz CT molecular complexity index is 275. The van der Waals surface area contributed by atoms with E-state index >= 15 is 0 Å². The van der Waals surface area contributed by atoms with E-state index in [-0.39, 0.29) is 5.75 Å². The maximum Gasteiger partial charge on any atom is 0.232 e. The van der Waals surface area contributed by atoms with Crippen molar-refractivity contribution in [3.05, 3.63) is 0 Å². The summed E-state index contributed by atoms with van der Waals surface area (Å²) in [6.07, 6.45) is 4.34. The van der Waals surface area contributed by atoms with Crippen molar-refractivity contribution in [2.75, 3.05) is 32.2 Å². The van der Waals surface area contributed by atoms with Crippen LogP contribution < -0.4 is 0 Å². The predicted octanol–water partition coefficient (Wildman–Crippen LogP) is 1.78. The number of hydrogen-bond acceptors (Lipinski definition) is 4. The van der Waals surface area contributed by atoms with Gasteiger partial charge in [-0.15, -0.1) is 0 Å². The van der Waals surface area contributed by atoms with Gasteiger partial charge in [0.05, 0.1) is 19.0 Å². The number of hydrogen-bond donors (Lipinski definition) is 0. The minimum atomic E-state index is -3.37. The molecule has 0 aromatic rings. The van der Waals surface area contributed by atoms with Gasteiger partial charge in [0.2, 0.25) is 9.05 Å². The second kappa shape index (κ2) is 7.48. The molecule has 6 heteroatoms. The third kappa shape index (κ3) is 7.44. The fraction of sp³-hybridized carbons (Fsp3) is 1.00. The Morgan fingerprint density at radius 2 is 1.81 bits per heavy atom. The number of rotatable bonds is 9. The lowest BCUT2D eigenvalue weighted by Gasteiger charge is -2.24. The van der Waals surface area contributed by atoms with E-state index in [4.69, 9.17) is 20.2 Å². The van der Waals surface area contributed by atoms with Crippen LogP contribution in [0.3, 0.4) is 0 Å². The normalized spacial score (nSPS) is 17.3. The van der Waals surface area contributed by atoms with Gasteiger partial charge in [-0.2, -0.15) is 0 Å². The molecule has 1 rings (SSSR count). The van der Waals surface area contributed by atoms with Gasteiger partial charge in [-0.3, -0.25) is 0 Å². The summed E-state index contributed by atoms with van der Waals surface area (Å²) < 4.78 is 31.8. The monoisotopic (exact) mass is 270 g/mol. The molecule has 0 N–H and O–H groups in total. The highest BCUT2D eigenvalue weighted by Gasteiger charge is 2.16. The van der Waals surface area contributed by atoms with Crippen molar-refractivity contribution in [1.82, 2.24) is 0 Å². The number of ether oxygens (including phenoxy) is 2. The van der Waals surface area contributed by atoms with E-state index in [0.717, 1.165) is 12.5 Å². The Labute approximate surface area is 102 Å². The van der Waals surface area contributed by atoms with Gasteiger partial charge in [0, 0.05) is 23.9 Å². The first kappa shape index (κ1) is 14.2. The van der Waals surface area contributed by atoms with E-state index in [2.05, 4.69) is 0 Å². The molecule has 1 aliphatic rings. The van der Waals surface area contributed by atoms with Crippen LogP contribution in [-0.4, -0.2) is 40.6 Å². The molecule has 0 aromatic carbocycles. The second-order valence-corrected chi connectivity index (χ2v) is 6.98. The molecule has 0 heterocycles. The SMILES string of the molecule is O=S(=O)(Cl)CCCOCCOCC1CCC1. The molecule has 1 fully saturated rings. The average Bonchev–Trinajstić information content (AvgIpc) is 2.10. The van der Waals surface area contributed by atoms with Crippen LogP contribution in [0.2, 0.25) is 0 Å². The molecule has 0 aliphatic heterocycles. The van der Waals surface area contributed by atoms with Gasteiger partial charge < -0.3 is 9.47 Å². The van der Waals surface area contributed by atoms with Crippen LogP contribution in [0.4, 0.5) is 0 Å².